The molecule has 0 saturated heterocycles. The van der Waals surface area contributed by atoms with Gasteiger partial charge in [0, 0.05) is 18.0 Å². The molecular weight excluding hydrogens is 338 g/mol. The van der Waals surface area contributed by atoms with Gasteiger partial charge < -0.3 is 9.32 Å². The predicted molar refractivity (Wildman–Crippen MR) is 106 cm³/mol. The van der Waals surface area contributed by atoms with Crippen LogP contribution in [0, 0.1) is 0 Å². The standard InChI is InChI=1S/C23H23NO3/c25-22(20-15-18-11-7-8-14-21(18)27-23(20)26)24(19-12-5-2-6-13-19)16-17-9-3-1-4-10-17/h1,3-4,7-11,14-15,19H,2,5-6,12-13,16H2. The molecule has 138 valence electrons. The molecule has 0 bridgehead atoms. The summed E-state index contributed by atoms with van der Waals surface area (Å²) in [4.78, 5) is 27.7. The van der Waals surface area contributed by atoms with Crippen LogP contribution in [0.4, 0.5) is 0 Å². The maximum absolute atomic E-state index is 13.4. The van der Waals surface area contributed by atoms with Gasteiger partial charge in [-0.2, -0.15) is 0 Å². The quantitative estimate of drug-likeness (QED) is 0.629. The minimum atomic E-state index is -0.562. The number of hydrogen-bond acceptors (Lipinski definition) is 3. The van der Waals surface area contributed by atoms with E-state index >= 15 is 0 Å². The van der Waals surface area contributed by atoms with E-state index in [0.29, 0.717) is 12.1 Å². The molecule has 1 amide bonds. The SMILES string of the molecule is O=C(c1cc2ccccc2oc1=O)N(Cc1ccccc1)C1CCCCC1. The second kappa shape index (κ2) is 7.78. The van der Waals surface area contributed by atoms with Crippen LogP contribution in [-0.2, 0) is 6.54 Å². The Bertz CT molecular complexity index is 987. The molecule has 0 atom stereocenters. The van der Waals surface area contributed by atoms with Gasteiger partial charge in [-0.15, -0.1) is 0 Å². The van der Waals surface area contributed by atoms with Crippen LogP contribution in [0.3, 0.4) is 0 Å². The van der Waals surface area contributed by atoms with Crippen molar-refractivity contribution < 1.29 is 9.21 Å². The first kappa shape index (κ1) is 17.5. The fourth-order valence-corrected chi connectivity index (χ4v) is 3.91. The molecular formula is C23H23NO3. The van der Waals surface area contributed by atoms with Crippen LogP contribution in [0.2, 0.25) is 0 Å². The molecule has 1 aliphatic rings. The lowest BCUT2D eigenvalue weighted by molar-refractivity contribution is 0.0610. The Morgan fingerprint density at radius 1 is 0.963 bits per heavy atom. The maximum atomic E-state index is 13.4. The average Bonchev–Trinajstić information content (AvgIpc) is 2.72. The number of carbonyl (C=O) groups is 1. The van der Waals surface area contributed by atoms with Gasteiger partial charge in [0.2, 0.25) is 0 Å². The van der Waals surface area contributed by atoms with E-state index in [1.165, 1.54) is 6.42 Å². The van der Waals surface area contributed by atoms with Gasteiger partial charge in [0.05, 0.1) is 0 Å². The lowest BCUT2D eigenvalue weighted by Crippen LogP contribution is -2.42. The summed E-state index contributed by atoms with van der Waals surface area (Å²) in [5.74, 6) is -0.231. The van der Waals surface area contributed by atoms with Crippen molar-refractivity contribution in [2.75, 3.05) is 0 Å². The summed E-state index contributed by atoms with van der Waals surface area (Å²) < 4.78 is 5.40. The zero-order valence-electron chi connectivity index (χ0n) is 15.3. The molecule has 4 heteroatoms. The first-order valence-corrected chi connectivity index (χ1v) is 9.60. The molecule has 0 spiro atoms. The van der Waals surface area contributed by atoms with Crippen molar-refractivity contribution in [2.24, 2.45) is 0 Å². The van der Waals surface area contributed by atoms with Crippen LogP contribution in [0.15, 0.2) is 69.9 Å². The molecule has 1 aromatic heterocycles. The molecule has 0 N–H and O–H groups in total. The number of amides is 1. The molecule has 1 saturated carbocycles. The van der Waals surface area contributed by atoms with Gasteiger partial charge >= 0.3 is 5.63 Å². The zero-order chi connectivity index (χ0) is 18.6. The second-order valence-corrected chi connectivity index (χ2v) is 7.20. The molecule has 1 heterocycles. The highest BCUT2D eigenvalue weighted by Gasteiger charge is 2.28. The van der Waals surface area contributed by atoms with E-state index < -0.39 is 5.63 Å². The lowest BCUT2D eigenvalue weighted by atomic mass is 9.93. The number of para-hydroxylation sites is 1. The van der Waals surface area contributed by atoms with Crippen molar-refractivity contribution in [3.05, 3.63) is 82.2 Å². The Balaban J connectivity index is 1.71. The van der Waals surface area contributed by atoms with E-state index in [1.807, 2.05) is 53.4 Å². The Morgan fingerprint density at radius 3 is 2.44 bits per heavy atom. The first-order chi connectivity index (χ1) is 13.2. The lowest BCUT2D eigenvalue weighted by Gasteiger charge is -2.34. The van der Waals surface area contributed by atoms with E-state index in [2.05, 4.69) is 0 Å². The summed E-state index contributed by atoms with van der Waals surface area (Å²) in [6.45, 7) is 0.511. The third-order valence-corrected chi connectivity index (χ3v) is 5.34. The predicted octanol–water partition coefficient (Wildman–Crippen LogP) is 4.77. The molecule has 0 unspecified atom stereocenters. The number of carbonyl (C=O) groups excluding carboxylic acids is 1. The number of rotatable bonds is 4. The highest BCUT2D eigenvalue weighted by Crippen LogP contribution is 2.26. The molecule has 27 heavy (non-hydrogen) atoms. The van der Waals surface area contributed by atoms with Crippen molar-refractivity contribution in [3.63, 3.8) is 0 Å². The molecule has 4 rings (SSSR count). The average molecular weight is 361 g/mol. The fraction of sp³-hybridized carbons (Fsp3) is 0.304. The summed E-state index contributed by atoms with van der Waals surface area (Å²) >= 11 is 0. The summed E-state index contributed by atoms with van der Waals surface area (Å²) in [7, 11) is 0. The molecule has 4 nitrogen and oxygen atoms in total. The van der Waals surface area contributed by atoms with E-state index in [-0.39, 0.29) is 17.5 Å². The first-order valence-electron chi connectivity index (χ1n) is 9.60. The van der Waals surface area contributed by atoms with Crippen LogP contribution in [0.1, 0.15) is 48.0 Å². The van der Waals surface area contributed by atoms with Gasteiger partial charge in [-0.05, 0) is 30.5 Å². The topological polar surface area (TPSA) is 50.5 Å². The number of benzene rings is 2. The van der Waals surface area contributed by atoms with E-state index in [0.717, 1.165) is 36.6 Å². The third kappa shape index (κ3) is 3.80. The summed E-state index contributed by atoms with van der Waals surface area (Å²) in [6.07, 6.45) is 5.42. The van der Waals surface area contributed by atoms with Crippen molar-refractivity contribution in [3.8, 4) is 0 Å². The second-order valence-electron chi connectivity index (χ2n) is 7.20. The molecule has 1 fully saturated rings. The van der Waals surface area contributed by atoms with Crippen LogP contribution in [-0.4, -0.2) is 16.8 Å². The van der Waals surface area contributed by atoms with Gasteiger partial charge in [0.25, 0.3) is 5.91 Å². The van der Waals surface area contributed by atoms with E-state index in [9.17, 15) is 9.59 Å². The monoisotopic (exact) mass is 361 g/mol. The third-order valence-electron chi connectivity index (χ3n) is 5.34. The van der Waals surface area contributed by atoms with Gasteiger partial charge in [-0.1, -0.05) is 67.8 Å². The van der Waals surface area contributed by atoms with Crippen LogP contribution in [0.25, 0.3) is 11.0 Å². The molecule has 2 aromatic carbocycles. The van der Waals surface area contributed by atoms with Crippen molar-refractivity contribution in [1.29, 1.82) is 0 Å². The van der Waals surface area contributed by atoms with Crippen molar-refractivity contribution >= 4 is 16.9 Å². The van der Waals surface area contributed by atoms with Crippen molar-refractivity contribution in [1.82, 2.24) is 4.90 Å². The Kier molecular flexibility index (Phi) is 5.05. The van der Waals surface area contributed by atoms with Crippen LogP contribution in [0.5, 0.6) is 0 Å². The van der Waals surface area contributed by atoms with Crippen LogP contribution >= 0.6 is 0 Å². The normalized spacial score (nSPS) is 15.0. The largest absolute Gasteiger partial charge is 0.422 e. The zero-order valence-corrected chi connectivity index (χ0v) is 15.3. The Hall–Kier alpha value is -2.88. The highest BCUT2D eigenvalue weighted by molar-refractivity contribution is 5.96. The highest BCUT2D eigenvalue weighted by atomic mass is 16.4. The summed E-state index contributed by atoms with van der Waals surface area (Å²) in [5, 5.41) is 0.767. The Labute approximate surface area is 158 Å². The summed E-state index contributed by atoms with van der Waals surface area (Å²) in [6, 6.07) is 19.1. The number of hydrogen-bond donors (Lipinski definition) is 0. The maximum Gasteiger partial charge on any atom is 0.349 e. The molecule has 1 aliphatic carbocycles. The summed E-state index contributed by atoms with van der Waals surface area (Å²) in [5.41, 5.74) is 1.13. The minimum absolute atomic E-state index is 0.121. The van der Waals surface area contributed by atoms with Gasteiger partial charge in [-0.3, -0.25) is 4.79 Å². The molecule has 3 aromatic rings. The number of fused-ring (bicyclic) bond motifs is 1. The van der Waals surface area contributed by atoms with Gasteiger partial charge in [0.15, 0.2) is 0 Å². The smallest absolute Gasteiger partial charge is 0.349 e. The molecule has 0 radical (unpaired) electrons. The van der Waals surface area contributed by atoms with Crippen LogP contribution < -0.4 is 5.63 Å². The molecule has 0 aliphatic heterocycles. The number of nitrogens with zero attached hydrogens (tertiary/aromatic N) is 1. The van der Waals surface area contributed by atoms with Gasteiger partial charge in [-0.25, -0.2) is 4.79 Å². The Morgan fingerprint density at radius 2 is 1.67 bits per heavy atom. The van der Waals surface area contributed by atoms with E-state index in [4.69, 9.17) is 4.42 Å². The van der Waals surface area contributed by atoms with E-state index in [1.54, 1.807) is 12.1 Å². The van der Waals surface area contributed by atoms with Gasteiger partial charge in [0.1, 0.15) is 11.1 Å². The fourth-order valence-electron chi connectivity index (χ4n) is 3.91. The van der Waals surface area contributed by atoms with Crippen molar-refractivity contribution in [2.45, 2.75) is 44.7 Å². The minimum Gasteiger partial charge on any atom is -0.422 e.